The van der Waals surface area contributed by atoms with Crippen LogP contribution in [-0.4, -0.2) is 47.7 Å². The van der Waals surface area contributed by atoms with Crippen molar-refractivity contribution in [3.8, 4) is 0 Å². The van der Waals surface area contributed by atoms with Crippen LogP contribution in [0.1, 0.15) is 10.6 Å². The van der Waals surface area contributed by atoms with E-state index in [1.165, 1.54) is 11.3 Å². The summed E-state index contributed by atoms with van der Waals surface area (Å²) in [6.45, 7) is 0.899. The average Bonchev–Trinajstić information content (AvgIpc) is 2.93. The summed E-state index contributed by atoms with van der Waals surface area (Å²) in [5.74, 6) is -0.237. The van der Waals surface area contributed by atoms with Crippen LogP contribution in [0.4, 0.5) is 5.13 Å². The molecule has 9 heteroatoms. The first kappa shape index (κ1) is 22.8. The molecular formula is C15H23Cl2N5OS. The molecule has 0 saturated carbocycles. The van der Waals surface area contributed by atoms with Gasteiger partial charge in [-0.25, -0.2) is 0 Å². The van der Waals surface area contributed by atoms with E-state index >= 15 is 0 Å². The number of benzene rings is 1. The van der Waals surface area contributed by atoms with Crippen LogP contribution in [0.3, 0.4) is 0 Å². The lowest BCUT2D eigenvalue weighted by atomic mass is 10.1. The monoisotopic (exact) mass is 391 g/mol. The molecule has 0 aliphatic rings. The number of hydrogen-bond acceptors (Lipinski definition) is 6. The van der Waals surface area contributed by atoms with E-state index in [2.05, 4.69) is 20.4 Å². The SMILES string of the molecule is CN(C)CCc1nnc(NC(=O)C(N)Cc2ccccc2)s1.Cl.Cl. The normalized spacial score (nSPS) is 11.3. The van der Waals surface area contributed by atoms with Crippen molar-refractivity contribution in [2.24, 2.45) is 5.73 Å². The zero-order valence-electron chi connectivity index (χ0n) is 13.6. The number of aromatic nitrogens is 2. The van der Waals surface area contributed by atoms with Crippen molar-refractivity contribution in [2.75, 3.05) is 26.0 Å². The molecule has 0 aliphatic heterocycles. The molecule has 2 aromatic rings. The number of anilines is 1. The predicted octanol–water partition coefficient (Wildman–Crippen LogP) is 1.99. The fraction of sp³-hybridized carbons (Fsp3) is 0.400. The van der Waals surface area contributed by atoms with Gasteiger partial charge in [0.1, 0.15) is 5.01 Å². The number of likely N-dealkylation sites (N-methyl/N-ethyl adjacent to an activating group) is 1. The van der Waals surface area contributed by atoms with E-state index < -0.39 is 6.04 Å². The molecule has 0 aliphatic carbocycles. The first-order valence-electron chi connectivity index (χ1n) is 7.12. The Hall–Kier alpha value is -1.25. The van der Waals surface area contributed by atoms with Gasteiger partial charge in [-0.2, -0.15) is 0 Å². The van der Waals surface area contributed by atoms with Gasteiger partial charge in [-0.15, -0.1) is 35.0 Å². The standard InChI is InChI=1S/C15H21N5OS.2ClH/c1-20(2)9-8-13-18-19-15(22-13)17-14(21)12(16)10-11-6-4-3-5-7-11;;/h3-7,12H,8-10,16H2,1-2H3,(H,17,19,21);2*1H. The number of carbonyl (C=O) groups is 1. The van der Waals surface area contributed by atoms with E-state index in [0.717, 1.165) is 23.5 Å². The van der Waals surface area contributed by atoms with E-state index in [1.807, 2.05) is 44.4 Å². The highest BCUT2D eigenvalue weighted by Gasteiger charge is 2.16. The summed E-state index contributed by atoms with van der Waals surface area (Å²) in [6, 6.07) is 9.11. The highest BCUT2D eigenvalue weighted by molar-refractivity contribution is 7.15. The highest BCUT2D eigenvalue weighted by Crippen LogP contribution is 2.16. The fourth-order valence-electron chi connectivity index (χ4n) is 1.88. The van der Waals surface area contributed by atoms with E-state index in [0.29, 0.717) is 11.6 Å². The maximum Gasteiger partial charge on any atom is 0.243 e. The summed E-state index contributed by atoms with van der Waals surface area (Å²) >= 11 is 1.39. The number of nitrogens with zero attached hydrogens (tertiary/aromatic N) is 3. The molecular weight excluding hydrogens is 369 g/mol. The number of hydrogen-bond donors (Lipinski definition) is 2. The van der Waals surface area contributed by atoms with Gasteiger partial charge in [0.25, 0.3) is 0 Å². The molecule has 134 valence electrons. The fourth-order valence-corrected chi connectivity index (χ4v) is 2.61. The van der Waals surface area contributed by atoms with Crippen molar-refractivity contribution in [1.82, 2.24) is 15.1 Å². The quantitative estimate of drug-likeness (QED) is 0.753. The van der Waals surface area contributed by atoms with Crippen LogP contribution >= 0.6 is 36.2 Å². The van der Waals surface area contributed by atoms with E-state index in [9.17, 15) is 4.79 Å². The van der Waals surface area contributed by atoms with Crippen LogP contribution in [0.2, 0.25) is 0 Å². The van der Waals surface area contributed by atoms with Crippen LogP contribution < -0.4 is 11.1 Å². The van der Waals surface area contributed by atoms with Gasteiger partial charge >= 0.3 is 0 Å². The number of nitrogens with one attached hydrogen (secondary N) is 1. The van der Waals surface area contributed by atoms with Gasteiger partial charge in [0.05, 0.1) is 6.04 Å². The van der Waals surface area contributed by atoms with Crippen LogP contribution in [0.15, 0.2) is 30.3 Å². The number of halogens is 2. The summed E-state index contributed by atoms with van der Waals surface area (Å²) in [5, 5.41) is 12.2. The molecule has 1 aromatic heterocycles. The largest absolute Gasteiger partial charge is 0.320 e. The van der Waals surface area contributed by atoms with Crippen molar-refractivity contribution in [1.29, 1.82) is 0 Å². The zero-order valence-corrected chi connectivity index (χ0v) is 16.1. The Morgan fingerprint density at radius 1 is 1.25 bits per heavy atom. The van der Waals surface area contributed by atoms with Gasteiger partial charge in [-0.3, -0.25) is 10.1 Å². The topological polar surface area (TPSA) is 84.1 Å². The predicted molar refractivity (Wildman–Crippen MR) is 103 cm³/mol. The van der Waals surface area contributed by atoms with Crippen LogP contribution in [0, 0.1) is 0 Å². The number of carbonyl (C=O) groups excluding carboxylic acids is 1. The van der Waals surface area contributed by atoms with Crippen molar-refractivity contribution < 1.29 is 4.79 Å². The first-order valence-corrected chi connectivity index (χ1v) is 7.93. The zero-order chi connectivity index (χ0) is 15.9. The Bertz CT molecular complexity index is 609. The van der Waals surface area contributed by atoms with Gasteiger partial charge in [0, 0.05) is 13.0 Å². The smallest absolute Gasteiger partial charge is 0.243 e. The molecule has 0 bridgehead atoms. The third kappa shape index (κ3) is 7.55. The van der Waals surface area contributed by atoms with Crippen LogP contribution in [-0.2, 0) is 17.6 Å². The van der Waals surface area contributed by atoms with Gasteiger partial charge < -0.3 is 10.6 Å². The Kier molecular flexibility index (Phi) is 10.7. The molecule has 1 unspecified atom stereocenters. The minimum absolute atomic E-state index is 0. The van der Waals surface area contributed by atoms with Crippen molar-refractivity contribution in [3.63, 3.8) is 0 Å². The third-order valence-corrected chi connectivity index (χ3v) is 4.00. The van der Waals surface area contributed by atoms with Crippen LogP contribution in [0.5, 0.6) is 0 Å². The molecule has 0 saturated heterocycles. The summed E-state index contributed by atoms with van der Waals surface area (Å²) in [6.07, 6.45) is 1.32. The van der Waals surface area contributed by atoms with E-state index in [-0.39, 0.29) is 30.7 Å². The second-order valence-corrected chi connectivity index (χ2v) is 6.40. The summed E-state index contributed by atoms with van der Waals surface area (Å²) in [7, 11) is 4.01. The van der Waals surface area contributed by atoms with Crippen LogP contribution in [0.25, 0.3) is 0 Å². The first-order chi connectivity index (χ1) is 10.5. The maximum atomic E-state index is 12.1. The Morgan fingerprint density at radius 2 is 1.92 bits per heavy atom. The summed E-state index contributed by atoms with van der Waals surface area (Å²) in [5.41, 5.74) is 6.98. The van der Waals surface area contributed by atoms with Crippen molar-refractivity contribution >= 4 is 47.2 Å². The Morgan fingerprint density at radius 3 is 2.54 bits per heavy atom. The third-order valence-electron chi connectivity index (χ3n) is 3.11. The molecule has 24 heavy (non-hydrogen) atoms. The second-order valence-electron chi connectivity index (χ2n) is 5.34. The van der Waals surface area contributed by atoms with Gasteiger partial charge in [0.15, 0.2) is 0 Å². The summed E-state index contributed by atoms with van der Waals surface area (Å²) < 4.78 is 0. The van der Waals surface area contributed by atoms with Gasteiger partial charge in [0.2, 0.25) is 11.0 Å². The van der Waals surface area contributed by atoms with Crippen molar-refractivity contribution in [3.05, 3.63) is 40.9 Å². The lowest BCUT2D eigenvalue weighted by Crippen LogP contribution is -2.37. The molecule has 2 rings (SSSR count). The molecule has 0 spiro atoms. The lowest BCUT2D eigenvalue weighted by Gasteiger charge is -2.10. The average molecular weight is 392 g/mol. The molecule has 6 nitrogen and oxygen atoms in total. The lowest BCUT2D eigenvalue weighted by molar-refractivity contribution is -0.117. The maximum absolute atomic E-state index is 12.1. The molecule has 0 fully saturated rings. The number of amides is 1. The Balaban J connectivity index is 0.00000264. The summed E-state index contributed by atoms with van der Waals surface area (Å²) in [4.78, 5) is 14.2. The van der Waals surface area contributed by atoms with Gasteiger partial charge in [-0.05, 0) is 26.1 Å². The Labute approximate surface area is 158 Å². The molecule has 1 atom stereocenters. The molecule has 1 amide bonds. The van der Waals surface area contributed by atoms with Gasteiger partial charge in [-0.1, -0.05) is 41.7 Å². The van der Waals surface area contributed by atoms with E-state index in [1.54, 1.807) is 0 Å². The number of rotatable bonds is 7. The second kappa shape index (κ2) is 11.3. The molecule has 1 aromatic carbocycles. The molecule has 0 radical (unpaired) electrons. The van der Waals surface area contributed by atoms with E-state index in [4.69, 9.17) is 5.73 Å². The molecule has 3 N–H and O–H groups in total. The minimum atomic E-state index is -0.600. The van der Waals surface area contributed by atoms with Crippen molar-refractivity contribution in [2.45, 2.75) is 18.9 Å². The molecule has 1 heterocycles. The number of nitrogens with two attached hydrogens (primary N) is 1. The highest BCUT2D eigenvalue weighted by atomic mass is 35.5. The minimum Gasteiger partial charge on any atom is -0.320 e.